The van der Waals surface area contributed by atoms with E-state index in [-0.39, 0.29) is 12.5 Å². The minimum atomic E-state index is -0.943. The molecular formula is C13H18N2O3S. The third kappa shape index (κ3) is 3.32. The van der Waals surface area contributed by atoms with Crippen LogP contribution in [0.2, 0.25) is 0 Å². The number of thioether (sulfide) groups is 1. The summed E-state index contributed by atoms with van der Waals surface area (Å²) in [6.07, 6.45) is 1.63. The standard InChI is InChI=1S/C13H18N2O3S/c1-9-6-15(7-10(2)19-9)13(18)11-4-3-5-14(11)8-12(16)17/h3-5,9-10H,6-8H2,1-2H3,(H,16,17). The van der Waals surface area contributed by atoms with Gasteiger partial charge in [0.1, 0.15) is 12.2 Å². The number of hydrogen-bond acceptors (Lipinski definition) is 3. The molecule has 0 aromatic carbocycles. The van der Waals surface area contributed by atoms with Crippen molar-refractivity contribution in [2.75, 3.05) is 13.1 Å². The van der Waals surface area contributed by atoms with Gasteiger partial charge in [0.05, 0.1) is 0 Å². The number of carboxylic acid groups (broad SMARTS) is 1. The summed E-state index contributed by atoms with van der Waals surface area (Å²) >= 11 is 1.88. The molecule has 19 heavy (non-hydrogen) atoms. The molecule has 0 spiro atoms. The summed E-state index contributed by atoms with van der Waals surface area (Å²) in [4.78, 5) is 25.0. The molecule has 1 aromatic heterocycles. The Kier molecular flexibility index (Phi) is 4.19. The predicted octanol–water partition coefficient (Wildman–Crippen LogP) is 1.54. The largest absolute Gasteiger partial charge is 0.480 e. The van der Waals surface area contributed by atoms with E-state index in [1.165, 1.54) is 4.57 Å². The van der Waals surface area contributed by atoms with E-state index in [0.29, 0.717) is 29.3 Å². The zero-order chi connectivity index (χ0) is 14.0. The Hall–Kier alpha value is -1.43. The number of nitrogens with zero attached hydrogens (tertiary/aromatic N) is 2. The van der Waals surface area contributed by atoms with Gasteiger partial charge in [-0.3, -0.25) is 9.59 Å². The average molecular weight is 282 g/mol. The molecule has 2 heterocycles. The van der Waals surface area contributed by atoms with Crippen molar-refractivity contribution in [2.45, 2.75) is 30.9 Å². The second kappa shape index (κ2) is 5.69. The van der Waals surface area contributed by atoms with E-state index in [4.69, 9.17) is 5.11 Å². The molecule has 6 heteroatoms. The molecule has 1 aromatic rings. The first-order chi connectivity index (χ1) is 8.97. The van der Waals surface area contributed by atoms with Crippen molar-refractivity contribution in [1.82, 2.24) is 9.47 Å². The Labute approximate surface area is 116 Å². The van der Waals surface area contributed by atoms with Gasteiger partial charge < -0.3 is 14.6 Å². The summed E-state index contributed by atoms with van der Waals surface area (Å²) in [5.41, 5.74) is 0.453. The maximum atomic E-state index is 12.5. The van der Waals surface area contributed by atoms with E-state index in [0.717, 1.165) is 0 Å². The summed E-state index contributed by atoms with van der Waals surface area (Å²) in [5, 5.41) is 9.66. The maximum absolute atomic E-state index is 12.5. The molecule has 5 nitrogen and oxygen atoms in total. The average Bonchev–Trinajstić information content (AvgIpc) is 2.73. The van der Waals surface area contributed by atoms with Gasteiger partial charge >= 0.3 is 5.97 Å². The van der Waals surface area contributed by atoms with E-state index >= 15 is 0 Å². The smallest absolute Gasteiger partial charge is 0.323 e. The first-order valence-corrected chi connectivity index (χ1v) is 7.23. The minimum Gasteiger partial charge on any atom is -0.480 e. The van der Waals surface area contributed by atoms with Gasteiger partial charge in [0.25, 0.3) is 5.91 Å². The summed E-state index contributed by atoms with van der Waals surface area (Å²) < 4.78 is 1.49. The van der Waals surface area contributed by atoms with Gasteiger partial charge in [0.15, 0.2) is 0 Å². The van der Waals surface area contributed by atoms with Crippen molar-refractivity contribution >= 4 is 23.6 Å². The normalized spacial score (nSPS) is 23.4. The van der Waals surface area contributed by atoms with Crippen LogP contribution in [-0.2, 0) is 11.3 Å². The van der Waals surface area contributed by atoms with Crippen LogP contribution < -0.4 is 0 Å². The first kappa shape index (κ1) is 14.0. The Morgan fingerprint density at radius 1 is 1.37 bits per heavy atom. The number of amides is 1. The molecule has 1 N–H and O–H groups in total. The fourth-order valence-electron chi connectivity index (χ4n) is 2.40. The highest BCUT2D eigenvalue weighted by atomic mass is 32.2. The van der Waals surface area contributed by atoms with Crippen molar-refractivity contribution < 1.29 is 14.7 Å². The van der Waals surface area contributed by atoms with Gasteiger partial charge in [0.2, 0.25) is 0 Å². The van der Waals surface area contributed by atoms with Gasteiger partial charge in [-0.2, -0.15) is 11.8 Å². The van der Waals surface area contributed by atoms with Crippen LogP contribution in [0, 0.1) is 0 Å². The summed E-state index contributed by atoms with van der Waals surface area (Å²) in [6, 6.07) is 3.39. The lowest BCUT2D eigenvalue weighted by atomic mass is 10.3. The lowest BCUT2D eigenvalue weighted by Gasteiger charge is -2.34. The second-order valence-electron chi connectivity index (χ2n) is 4.88. The van der Waals surface area contributed by atoms with Gasteiger partial charge in [-0.05, 0) is 12.1 Å². The molecular weight excluding hydrogens is 264 g/mol. The van der Waals surface area contributed by atoms with Crippen molar-refractivity contribution in [3.63, 3.8) is 0 Å². The number of carbonyl (C=O) groups excluding carboxylic acids is 1. The lowest BCUT2D eigenvalue weighted by Crippen LogP contribution is -2.44. The number of carboxylic acids is 1. The predicted molar refractivity (Wildman–Crippen MR) is 74.5 cm³/mol. The third-order valence-electron chi connectivity index (χ3n) is 3.06. The Morgan fingerprint density at radius 2 is 2.00 bits per heavy atom. The van der Waals surface area contributed by atoms with E-state index in [9.17, 15) is 9.59 Å². The van der Waals surface area contributed by atoms with Crippen LogP contribution >= 0.6 is 11.8 Å². The van der Waals surface area contributed by atoms with Gasteiger partial charge in [-0.25, -0.2) is 0 Å². The zero-order valence-corrected chi connectivity index (χ0v) is 11.9. The van der Waals surface area contributed by atoms with E-state index in [1.807, 2.05) is 16.7 Å². The first-order valence-electron chi connectivity index (χ1n) is 6.29. The third-order valence-corrected chi connectivity index (χ3v) is 4.29. The Morgan fingerprint density at radius 3 is 2.58 bits per heavy atom. The minimum absolute atomic E-state index is 0.0785. The lowest BCUT2D eigenvalue weighted by molar-refractivity contribution is -0.137. The molecule has 2 rings (SSSR count). The number of hydrogen-bond donors (Lipinski definition) is 1. The number of aliphatic carboxylic acids is 1. The van der Waals surface area contributed by atoms with Crippen molar-refractivity contribution in [2.24, 2.45) is 0 Å². The molecule has 2 unspecified atom stereocenters. The number of carbonyl (C=O) groups is 2. The fourth-order valence-corrected chi connectivity index (χ4v) is 3.72. The molecule has 104 valence electrons. The SMILES string of the molecule is CC1CN(C(=O)c2cccn2CC(=O)O)CC(C)S1. The van der Waals surface area contributed by atoms with Crippen LogP contribution in [-0.4, -0.2) is 50.0 Å². The van der Waals surface area contributed by atoms with E-state index < -0.39 is 5.97 Å². The van der Waals surface area contributed by atoms with E-state index in [1.54, 1.807) is 18.3 Å². The molecule has 1 saturated heterocycles. The van der Waals surface area contributed by atoms with Crippen molar-refractivity contribution in [3.8, 4) is 0 Å². The summed E-state index contributed by atoms with van der Waals surface area (Å²) in [6.45, 7) is 5.47. The Balaban J connectivity index is 2.15. The highest BCUT2D eigenvalue weighted by Gasteiger charge is 2.27. The second-order valence-corrected chi connectivity index (χ2v) is 6.76. The van der Waals surface area contributed by atoms with E-state index in [2.05, 4.69) is 13.8 Å². The van der Waals surface area contributed by atoms with Gasteiger partial charge in [0, 0.05) is 29.8 Å². The van der Waals surface area contributed by atoms with Crippen LogP contribution in [0.1, 0.15) is 24.3 Å². The van der Waals surface area contributed by atoms with Gasteiger partial charge in [-0.1, -0.05) is 13.8 Å². The molecule has 0 bridgehead atoms. The van der Waals surface area contributed by atoms with Crippen LogP contribution in [0.5, 0.6) is 0 Å². The highest BCUT2D eigenvalue weighted by Crippen LogP contribution is 2.25. The summed E-state index contributed by atoms with van der Waals surface area (Å²) in [7, 11) is 0. The van der Waals surface area contributed by atoms with Crippen molar-refractivity contribution in [1.29, 1.82) is 0 Å². The number of rotatable bonds is 3. The molecule has 0 saturated carbocycles. The molecule has 1 aliphatic heterocycles. The van der Waals surface area contributed by atoms with Crippen LogP contribution in [0.15, 0.2) is 18.3 Å². The quantitative estimate of drug-likeness (QED) is 0.913. The molecule has 2 atom stereocenters. The Bertz CT molecular complexity index is 476. The molecule has 0 radical (unpaired) electrons. The monoisotopic (exact) mass is 282 g/mol. The highest BCUT2D eigenvalue weighted by molar-refractivity contribution is 8.00. The molecule has 0 aliphatic carbocycles. The molecule has 1 aliphatic rings. The van der Waals surface area contributed by atoms with Crippen molar-refractivity contribution in [3.05, 3.63) is 24.0 Å². The fraction of sp³-hybridized carbons (Fsp3) is 0.538. The molecule has 1 amide bonds. The van der Waals surface area contributed by atoms with Gasteiger partial charge in [-0.15, -0.1) is 0 Å². The number of aromatic nitrogens is 1. The van der Waals surface area contributed by atoms with Crippen LogP contribution in [0.4, 0.5) is 0 Å². The summed E-state index contributed by atoms with van der Waals surface area (Å²) in [5.74, 6) is -1.02. The van der Waals surface area contributed by atoms with Crippen LogP contribution in [0.25, 0.3) is 0 Å². The zero-order valence-electron chi connectivity index (χ0n) is 11.1. The molecule has 1 fully saturated rings. The maximum Gasteiger partial charge on any atom is 0.323 e. The van der Waals surface area contributed by atoms with Crippen LogP contribution in [0.3, 0.4) is 0 Å². The topological polar surface area (TPSA) is 62.5 Å².